The first-order valence-corrected chi connectivity index (χ1v) is 9.52. The number of nitrogens with zero attached hydrogens (tertiary/aromatic N) is 2. The number of rotatable bonds is 5. The zero-order valence-electron chi connectivity index (χ0n) is 16.7. The van der Waals surface area contributed by atoms with Crippen molar-refractivity contribution in [3.8, 4) is 0 Å². The maximum atomic E-state index is 12.9. The van der Waals surface area contributed by atoms with Crippen molar-refractivity contribution in [3.05, 3.63) is 64.5 Å². The Bertz CT molecular complexity index is 863. The van der Waals surface area contributed by atoms with E-state index in [9.17, 15) is 9.59 Å². The summed E-state index contributed by atoms with van der Waals surface area (Å²) in [6.45, 7) is 7.43. The number of ether oxygens (including phenoxy) is 1. The van der Waals surface area contributed by atoms with Crippen LogP contribution in [0, 0.1) is 13.8 Å². The van der Waals surface area contributed by atoms with Crippen molar-refractivity contribution in [1.29, 1.82) is 0 Å². The highest BCUT2D eigenvalue weighted by Gasteiger charge is 2.27. The molecule has 0 atom stereocenters. The quantitative estimate of drug-likeness (QED) is 0.809. The second-order valence-corrected chi connectivity index (χ2v) is 7.02. The molecule has 1 amide bonds. The number of nitrogens with one attached hydrogen (secondary N) is 1. The third-order valence-corrected chi connectivity index (χ3v) is 5.17. The lowest BCUT2D eigenvalue weighted by Crippen LogP contribution is -2.48. The lowest BCUT2D eigenvalue weighted by Gasteiger charge is -2.34. The summed E-state index contributed by atoms with van der Waals surface area (Å²) in [6.07, 6.45) is 4.28. The van der Waals surface area contributed by atoms with Gasteiger partial charge in [-0.1, -0.05) is 42.5 Å². The van der Waals surface area contributed by atoms with Crippen molar-refractivity contribution < 1.29 is 14.3 Å². The van der Waals surface area contributed by atoms with Crippen LogP contribution in [0.3, 0.4) is 0 Å². The van der Waals surface area contributed by atoms with Gasteiger partial charge in [-0.2, -0.15) is 0 Å². The normalized spacial score (nSPS) is 15.2. The standard InChI is InChI=1S/C22H27N3O3/c1-16-19(22(27)28-3)17(2)23-20(16)21(26)25-14-12-24(13-15-25)11-7-10-18-8-5-4-6-9-18/h4-10,23H,11-15H2,1-3H3. The second-order valence-electron chi connectivity index (χ2n) is 7.02. The van der Waals surface area contributed by atoms with Gasteiger partial charge in [0.15, 0.2) is 0 Å². The monoisotopic (exact) mass is 381 g/mol. The summed E-state index contributed by atoms with van der Waals surface area (Å²) in [5.41, 5.74) is 3.45. The number of H-pyrrole nitrogens is 1. The molecule has 148 valence electrons. The zero-order chi connectivity index (χ0) is 20.1. The Balaban J connectivity index is 1.57. The molecule has 1 aromatic heterocycles. The highest BCUT2D eigenvalue weighted by atomic mass is 16.5. The van der Waals surface area contributed by atoms with Crippen LogP contribution in [0.1, 0.15) is 37.7 Å². The minimum Gasteiger partial charge on any atom is -0.465 e. The van der Waals surface area contributed by atoms with Crippen molar-refractivity contribution in [2.75, 3.05) is 39.8 Å². The summed E-state index contributed by atoms with van der Waals surface area (Å²) in [7, 11) is 1.35. The number of carbonyl (C=O) groups is 2. The van der Waals surface area contributed by atoms with Crippen molar-refractivity contribution in [2.24, 2.45) is 0 Å². The summed E-state index contributed by atoms with van der Waals surface area (Å²) in [5.74, 6) is -0.476. The van der Waals surface area contributed by atoms with Crippen molar-refractivity contribution in [2.45, 2.75) is 13.8 Å². The molecule has 1 aromatic carbocycles. The topological polar surface area (TPSA) is 65.6 Å². The molecule has 3 rings (SSSR count). The van der Waals surface area contributed by atoms with E-state index in [1.54, 1.807) is 13.8 Å². The number of piperazine rings is 1. The number of methoxy groups -OCH3 is 1. The van der Waals surface area contributed by atoms with Crippen LogP contribution in [0.4, 0.5) is 0 Å². The van der Waals surface area contributed by atoms with E-state index in [2.05, 4.69) is 34.2 Å². The summed E-state index contributed by atoms with van der Waals surface area (Å²) < 4.78 is 4.82. The molecule has 0 radical (unpaired) electrons. The third kappa shape index (κ3) is 4.34. The van der Waals surface area contributed by atoms with Crippen LogP contribution in [-0.4, -0.2) is 66.5 Å². The van der Waals surface area contributed by atoms with E-state index in [0.29, 0.717) is 35.6 Å². The molecular formula is C22H27N3O3. The number of carbonyl (C=O) groups excluding carboxylic acids is 2. The number of aromatic amines is 1. The Morgan fingerprint density at radius 1 is 1.11 bits per heavy atom. The van der Waals surface area contributed by atoms with E-state index in [0.717, 1.165) is 19.6 Å². The summed E-state index contributed by atoms with van der Waals surface area (Å²) in [6, 6.07) is 10.2. The molecule has 1 saturated heterocycles. The Kier molecular flexibility index (Phi) is 6.31. The molecule has 2 heterocycles. The molecule has 0 unspecified atom stereocenters. The smallest absolute Gasteiger partial charge is 0.339 e. The second kappa shape index (κ2) is 8.89. The van der Waals surface area contributed by atoms with Gasteiger partial charge in [0.25, 0.3) is 5.91 Å². The molecule has 28 heavy (non-hydrogen) atoms. The summed E-state index contributed by atoms with van der Waals surface area (Å²) in [5, 5.41) is 0. The molecule has 0 bridgehead atoms. The highest BCUT2D eigenvalue weighted by molar-refractivity contribution is 6.00. The fourth-order valence-electron chi connectivity index (χ4n) is 3.57. The SMILES string of the molecule is COC(=O)c1c(C)[nH]c(C(=O)N2CCN(CC=Cc3ccccc3)CC2)c1C. The van der Waals surface area contributed by atoms with Crippen molar-refractivity contribution in [3.63, 3.8) is 0 Å². The van der Waals surface area contributed by atoms with Crippen LogP contribution < -0.4 is 0 Å². The van der Waals surface area contributed by atoms with Gasteiger partial charge in [0.2, 0.25) is 0 Å². The molecule has 2 aromatic rings. The Labute approximate surface area is 165 Å². The van der Waals surface area contributed by atoms with Crippen LogP contribution in [0.15, 0.2) is 36.4 Å². The molecule has 6 heteroatoms. The van der Waals surface area contributed by atoms with Crippen molar-refractivity contribution in [1.82, 2.24) is 14.8 Å². The Morgan fingerprint density at radius 3 is 2.43 bits per heavy atom. The van der Waals surface area contributed by atoms with Gasteiger partial charge >= 0.3 is 5.97 Å². The van der Waals surface area contributed by atoms with Gasteiger partial charge in [-0.25, -0.2) is 4.79 Å². The Hall–Kier alpha value is -2.86. The minimum atomic E-state index is -0.416. The van der Waals surface area contributed by atoms with Crippen LogP contribution in [0.25, 0.3) is 6.08 Å². The molecule has 1 N–H and O–H groups in total. The maximum Gasteiger partial charge on any atom is 0.339 e. The lowest BCUT2D eigenvalue weighted by molar-refractivity contribution is 0.0599. The van der Waals surface area contributed by atoms with Crippen LogP contribution in [0.5, 0.6) is 0 Å². The first-order chi connectivity index (χ1) is 13.5. The van der Waals surface area contributed by atoms with E-state index < -0.39 is 5.97 Å². The van der Waals surface area contributed by atoms with Gasteiger partial charge in [0.05, 0.1) is 12.7 Å². The number of hydrogen-bond donors (Lipinski definition) is 1. The number of hydrogen-bond acceptors (Lipinski definition) is 4. The molecular weight excluding hydrogens is 354 g/mol. The molecule has 0 spiro atoms. The number of amides is 1. The van der Waals surface area contributed by atoms with E-state index in [4.69, 9.17) is 4.74 Å². The lowest BCUT2D eigenvalue weighted by atomic mass is 10.1. The minimum absolute atomic E-state index is 0.0600. The fraction of sp³-hybridized carbons (Fsp3) is 0.364. The van der Waals surface area contributed by atoms with E-state index in [1.165, 1.54) is 12.7 Å². The fourth-order valence-corrected chi connectivity index (χ4v) is 3.57. The molecule has 0 aliphatic carbocycles. The van der Waals surface area contributed by atoms with Gasteiger partial charge < -0.3 is 14.6 Å². The van der Waals surface area contributed by atoms with Gasteiger partial charge in [-0.15, -0.1) is 0 Å². The average molecular weight is 381 g/mol. The molecule has 1 aliphatic rings. The summed E-state index contributed by atoms with van der Waals surface area (Å²) >= 11 is 0. The predicted molar refractivity (Wildman–Crippen MR) is 109 cm³/mol. The number of benzene rings is 1. The van der Waals surface area contributed by atoms with Gasteiger partial charge in [-0.05, 0) is 25.0 Å². The van der Waals surface area contributed by atoms with E-state index >= 15 is 0 Å². The molecule has 0 saturated carbocycles. The van der Waals surface area contributed by atoms with Crippen LogP contribution >= 0.6 is 0 Å². The van der Waals surface area contributed by atoms with Gasteiger partial charge in [0.1, 0.15) is 5.69 Å². The van der Waals surface area contributed by atoms with Crippen LogP contribution in [0.2, 0.25) is 0 Å². The number of aryl methyl sites for hydroxylation is 1. The van der Waals surface area contributed by atoms with Gasteiger partial charge in [0, 0.05) is 38.4 Å². The predicted octanol–water partition coefficient (Wildman–Crippen LogP) is 2.89. The van der Waals surface area contributed by atoms with Gasteiger partial charge in [-0.3, -0.25) is 9.69 Å². The Morgan fingerprint density at radius 2 is 1.79 bits per heavy atom. The highest BCUT2D eigenvalue weighted by Crippen LogP contribution is 2.21. The van der Waals surface area contributed by atoms with E-state index in [-0.39, 0.29) is 5.91 Å². The molecule has 6 nitrogen and oxygen atoms in total. The molecule has 1 fully saturated rings. The first-order valence-electron chi connectivity index (χ1n) is 9.52. The summed E-state index contributed by atoms with van der Waals surface area (Å²) in [4.78, 5) is 32.1. The zero-order valence-corrected chi connectivity index (χ0v) is 16.7. The average Bonchev–Trinajstić information content (AvgIpc) is 3.02. The maximum absolute atomic E-state index is 12.9. The largest absolute Gasteiger partial charge is 0.465 e. The van der Waals surface area contributed by atoms with Crippen LogP contribution in [-0.2, 0) is 4.74 Å². The number of esters is 1. The first kappa shape index (κ1) is 19.9. The number of aromatic nitrogens is 1. The molecule has 1 aliphatic heterocycles. The van der Waals surface area contributed by atoms with Crippen molar-refractivity contribution >= 4 is 18.0 Å². The van der Waals surface area contributed by atoms with E-state index in [1.807, 2.05) is 23.1 Å². The third-order valence-electron chi connectivity index (χ3n) is 5.17.